The van der Waals surface area contributed by atoms with Crippen molar-refractivity contribution >= 4 is 23.0 Å². The Hall–Kier alpha value is -4.01. The van der Waals surface area contributed by atoms with Crippen molar-refractivity contribution in [3.8, 4) is 17.2 Å². The number of phenols is 1. The second kappa shape index (κ2) is 8.26. The van der Waals surface area contributed by atoms with Crippen LogP contribution in [0, 0.1) is 0 Å². The minimum Gasteiger partial charge on any atom is -0.505 e. The SMILES string of the molecule is CCC(Nc1c(Nc2cccc(C(=O)N(C)C)c2O)c(=O)c1=O)c1ccc2c(c1)OCO2. The fraction of sp³-hybridized carbons (Fsp3) is 0.261. The Balaban J connectivity index is 1.61. The van der Waals surface area contributed by atoms with Gasteiger partial charge in [0, 0.05) is 14.1 Å². The maximum Gasteiger partial charge on any atom is 0.257 e. The number of para-hydroxylation sites is 1. The van der Waals surface area contributed by atoms with Crippen LogP contribution < -0.4 is 31.0 Å². The molecule has 0 saturated carbocycles. The standard InChI is InChI=1S/C23H23N3O6/c1-4-14(12-8-9-16-17(10-12)32-11-31-16)24-18-19(22(29)21(18)28)25-15-7-5-6-13(20(15)27)23(30)26(2)3/h5-10,14,24-25,27H,4,11H2,1-3H3. The molecule has 0 radical (unpaired) electrons. The summed E-state index contributed by atoms with van der Waals surface area (Å²) in [6, 6.07) is 9.84. The lowest BCUT2D eigenvalue weighted by atomic mass is 10.0. The van der Waals surface area contributed by atoms with Gasteiger partial charge in [-0.15, -0.1) is 0 Å². The minimum absolute atomic E-state index is 0.0407. The normalized spacial score (nSPS) is 13.1. The van der Waals surface area contributed by atoms with Crippen LogP contribution in [0.25, 0.3) is 0 Å². The highest BCUT2D eigenvalue weighted by Gasteiger charge is 2.26. The number of carbonyl (C=O) groups is 1. The average Bonchev–Trinajstić information content (AvgIpc) is 3.26. The van der Waals surface area contributed by atoms with Gasteiger partial charge in [0.2, 0.25) is 6.79 Å². The van der Waals surface area contributed by atoms with Crippen molar-refractivity contribution in [2.45, 2.75) is 19.4 Å². The van der Waals surface area contributed by atoms with Crippen LogP contribution >= 0.6 is 0 Å². The predicted molar refractivity (Wildman–Crippen MR) is 120 cm³/mol. The summed E-state index contributed by atoms with van der Waals surface area (Å²) >= 11 is 0. The number of amides is 1. The van der Waals surface area contributed by atoms with Crippen LogP contribution in [0.5, 0.6) is 17.2 Å². The lowest BCUT2D eigenvalue weighted by Crippen LogP contribution is -2.37. The van der Waals surface area contributed by atoms with E-state index in [-0.39, 0.29) is 47.1 Å². The van der Waals surface area contributed by atoms with Gasteiger partial charge in [0.1, 0.15) is 11.4 Å². The summed E-state index contributed by atoms with van der Waals surface area (Å²) in [7, 11) is 3.14. The van der Waals surface area contributed by atoms with E-state index in [1.54, 1.807) is 26.2 Å². The molecule has 0 fully saturated rings. The number of ether oxygens (including phenoxy) is 2. The molecule has 1 unspecified atom stereocenters. The smallest absolute Gasteiger partial charge is 0.257 e. The van der Waals surface area contributed by atoms with Crippen molar-refractivity contribution in [2.24, 2.45) is 0 Å². The van der Waals surface area contributed by atoms with Crippen LogP contribution in [0.15, 0.2) is 46.0 Å². The molecule has 32 heavy (non-hydrogen) atoms. The molecule has 9 heteroatoms. The van der Waals surface area contributed by atoms with E-state index in [1.165, 1.54) is 17.0 Å². The molecule has 9 nitrogen and oxygen atoms in total. The Morgan fingerprint density at radius 3 is 2.53 bits per heavy atom. The molecule has 1 aliphatic rings. The molecular formula is C23H23N3O6. The number of hydrogen-bond acceptors (Lipinski definition) is 8. The van der Waals surface area contributed by atoms with Gasteiger partial charge in [-0.1, -0.05) is 19.1 Å². The molecule has 4 rings (SSSR count). The Bertz CT molecular complexity index is 1260. The largest absolute Gasteiger partial charge is 0.505 e. The molecule has 1 amide bonds. The highest BCUT2D eigenvalue weighted by molar-refractivity contribution is 5.99. The topological polar surface area (TPSA) is 117 Å². The fourth-order valence-corrected chi connectivity index (χ4v) is 3.57. The molecule has 1 aliphatic heterocycles. The van der Waals surface area contributed by atoms with E-state index >= 15 is 0 Å². The predicted octanol–water partition coefficient (Wildman–Crippen LogP) is 2.73. The Kier molecular flexibility index (Phi) is 5.48. The van der Waals surface area contributed by atoms with Crippen molar-refractivity contribution in [3.05, 3.63) is 68.0 Å². The van der Waals surface area contributed by atoms with Crippen molar-refractivity contribution in [1.82, 2.24) is 4.90 Å². The molecule has 0 saturated heterocycles. The maximum absolute atomic E-state index is 12.3. The monoisotopic (exact) mass is 437 g/mol. The molecule has 1 atom stereocenters. The van der Waals surface area contributed by atoms with Gasteiger partial charge in [-0.2, -0.15) is 0 Å². The third-order valence-electron chi connectivity index (χ3n) is 5.37. The molecule has 0 bridgehead atoms. The number of aromatic hydroxyl groups is 1. The van der Waals surface area contributed by atoms with E-state index in [9.17, 15) is 19.5 Å². The summed E-state index contributed by atoms with van der Waals surface area (Å²) in [5.41, 5.74) is -0.0631. The van der Waals surface area contributed by atoms with Crippen molar-refractivity contribution < 1.29 is 19.4 Å². The molecule has 3 aromatic rings. The van der Waals surface area contributed by atoms with Gasteiger partial charge in [-0.3, -0.25) is 14.4 Å². The van der Waals surface area contributed by atoms with E-state index in [2.05, 4.69) is 10.6 Å². The summed E-state index contributed by atoms with van der Waals surface area (Å²) in [6.07, 6.45) is 0.635. The van der Waals surface area contributed by atoms with Crippen LogP contribution in [0.4, 0.5) is 17.1 Å². The van der Waals surface area contributed by atoms with E-state index in [0.717, 1.165) is 5.56 Å². The summed E-state index contributed by atoms with van der Waals surface area (Å²) < 4.78 is 10.8. The highest BCUT2D eigenvalue weighted by atomic mass is 16.7. The lowest BCUT2D eigenvalue weighted by Gasteiger charge is -2.22. The highest BCUT2D eigenvalue weighted by Crippen LogP contribution is 2.37. The first-order valence-corrected chi connectivity index (χ1v) is 10.1. The minimum atomic E-state index is -0.697. The van der Waals surface area contributed by atoms with Gasteiger partial charge in [-0.05, 0) is 36.2 Å². The van der Waals surface area contributed by atoms with Gasteiger partial charge in [0.15, 0.2) is 17.2 Å². The number of nitrogens with zero attached hydrogens (tertiary/aromatic N) is 1. The van der Waals surface area contributed by atoms with Gasteiger partial charge in [-0.25, -0.2) is 0 Å². The van der Waals surface area contributed by atoms with Gasteiger partial charge in [0.25, 0.3) is 16.8 Å². The molecule has 0 aliphatic carbocycles. The number of rotatable bonds is 7. The van der Waals surface area contributed by atoms with E-state index in [4.69, 9.17) is 9.47 Å². The van der Waals surface area contributed by atoms with Crippen molar-refractivity contribution in [1.29, 1.82) is 0 Å². The molecule has 166 valence electrons. The fourth-order valence-electron chi connectivity index (χ4n) is 3.57. The summed E-state index contributed by atoms with van der Waals surface area (Å²) in [4.78, 5) is 38.2. The molecular weight excluding hydrogens is 414 g/mol. The number of benzene rings is 2. The van der Waals surface area contributed by atoms with Gasteiger partial charge >= 0.3 is 0 Å². The molecule has 3 aromatic carbocycles. The Labute approximate surface area is 183 Å². The zero-order valence-corrected chi connectivity index (χ0v) is 17.9. The maximum atomic E-state index is 12.3. The third kappa shape index (κ3) is 3.62. The van der Waals surface area contributed by atoms with Gasteiger partial charge in [0.05, 0.1) is 17.3 Å². The lowest BCUT2D eigenvalue weighted by molar-refractivity contribution is 0.0824. The summed E-state index contributed by atoms with van der Waals surface area (Å²) in [6.45, 7) is 2.11. The number of carbonyl (C=O) groups excluding carboxylic acids is 1. The summed E-state index contributed by atoms with van der Waals surface area (Å²) in [5.74, 6) is 0.595. The summed E-state index contributed by atoms with van der Waals surface area (Å²) in [5, 5.41) is 16.5. The molecule has 1 heterocycles. The first-order valence-electron chi connectivity index (χ1n) is 10.1. The van der Waals surface area contributed by atoms with Crippen molar-refractivity contribution in [3.63, 3.8) is 0 Å². The zero-order chi connectivity index (χ0) is 23.0. The number of nitrogens with one attached hydrogen (secondary N) is 2. The first-order chi connectivity index (χ1) is 15.3. The number of phenolic OH excluding ortho intramolecular Hbond substituents is 1. The number of fused-ring (bicyclic) bond motifs is 1. The van der Waals surface area contributed by atoms with E-state index < -0.39 is 10.9 Å². The Morgan fingerprint density at radius 1 is 1.09 bits per heavy atom. The van der Waals surface area contributed by atoms with Gasteiger partial charge < -0.3 is 30.1 Å². The van der Waals surface area contributed by atoms with E-state index in [1.807, 2.05) is 19.1 Å². The molecule has 3 N–H and O–H groups in total. The quantitative estimate of drug-likeness (QED) is 0.382. The van der Waals surface area contributed by atoms with Crippen LogP contribution in [0.1, 0.15) is 35.3 Å². The zero-order valence-electron chi connectivity index (χ0n) is 17.9. The van der Waals surface area contributed by atoms with E-state index in [0.29, 0.717) is 17.9 Å². The van der Waals surface area contributed by atoms with Crippen LogP contribution in [0.2, 0.25) is 0 Å². The van der Waals surface area contributed by atoms with Crippen LogP contribution in [-0.2, 0) is 0 Å². The second-order valence-electron chi connectivity index (χ2n) is 7.65. The first kappa shape index (κ1) is 21.2. The molecule has 0 aromatic heterocycles. The second-order valence-corrected chi connectivity index (χ2v) is 7.65. The molecule has 0 spiro atoms. The number of anilines is 3. The van der Waals surface area contributed by atoms with Crippen LogP contribution in [-0.4, -0.2) is 36.8 Å². The average molecular weight is 437 g/mol. The Morgan fingerprint density at radius 2 is 1.81 bits per heavy atom. The van der Waals surface area contributed by atoms with Crippen molar-refractivity contribution in [2.75, 3.05) is 31.5 Å². The number of hydrogen-bond donors (Lipinski definition) is 3. The van der Waals surface area contributed by atoms with Crippen LogP contribution in [0.3, 0.4) is 0 Å². The third-order valence-corrected chi connectivity index (χ3v) is 5.37.